The molecule has 0 aromatic carbocycles. The van der Waals surface area contributed by atoms with Gasteiger partial charge in [-0.3, -0.25) is 0 Å². The van der Waals surface area contributed by atoms with Gasteiger partial charge in [0.05, 0.1) is 11.7 Å². The number of hydrogen-bond donors (Lipinski definition) is 1. The van der Waals surface area contributed by atoms with E-state index in [2.05, 4.69) is 26.1 Å². The Morgan fingerprint density at radius 1 is 1.50 bits per heavy atom. The third-order valence-electron chi connectivity index (χ3n) is 4.14. The second kappa shape index (κ2) is 5.48. The number of hydrogen-bond acceptors (Lipinski definition) is 3. The van der Waals surface area contributed by atoms with E-state index in [0.717, 1.165) is 32.4 Å². The van der Waals surface area contributed by atoms with E-state index in [1.54, 1.807) is 7.11 Å². The van der Waals surface area contributed by atoms with E-state index in [0.29, 0.717) is 11.5 Å². The summed E-state index contributed by atoms with van der Waals surface area (Å²) >= 11 is 0. The van der Waals surface area contributed by atoms with Gasteiger partial charge in [0.1, 0.15) is 0 Å². The molecule has 0 radical (unpaired) electrons. The van der Waals surface area contributed by atoms with Crippen LogP contribution in [0.5, 0.6) is 0 Å². The van der Waals surface area contributed by atoms with Crippen LogP contribution in [-0.2, 0) is 9.47 Å². The maximum Gasteiger partial charge on any atom is 0.0623 e. The molecular formula is C13H27NO2. The van der Waals surface area contributed by atoms with Crippen molar-refractivity contribution < 1.29 is 9.47 Å². The fourth-order valence-electron chi connectivity index (χ4n) is 2.47. The zero-order valence-electron chi connectivity index (χ0n) is 11.4. The minimum Gasteiger partial charge on any atom is -0.379 e. The summed E-state index contributed by atoms with van der Waals surface area (Å²) in [5.41, 5.74) is 0.271. The number of methoxy groups -OCH3 is 1. The molecule has 1 aliphatic rings. The Labute approximate surface area is 99.9 Å². The largest absolute Gasteiger partial charge is 0.379 e. The molecule has 0 aromatic heterocycles. The minimum atomic E-state index is -0.0248. The van der Waals surface area contributed by atoms with Gasteiger partial charge in [-0.15, -0.1) is 0 Å². The molecule has 1 heterocycles. The first-order chi connectivity index (χ1) is 7.46. The van der Waals surface area contributed by atoms with Crippen LogP contribution in [0.3, 0.4) is 0 Å². The average Bonchev–Trinajstić information content (AvgIpc) is 2.59. The van der Waals surface area contributed by atoms with Crippen LogP contribution in [0, 0.1) is 5.41 Å². The molecule has 1 rings (SSSR count). The quantitative estimate of drug-likeness (QED) is 0.757. The highest BCUT2D eigenvalue weighted by Gasteiger charge is 2.41. The third-order valence-corrected chi connectivity index (χ3v) is 4.14. The smallest absolute Gasteiger partial charge is 0.0623 e. The Morgan fingerprint density at radius 2 is 2.19 bits per heavy atom. The van der Waals surface area contributed by atoms with Crippen molar-refractivity contribution in [2.75, 3.05) is 27.3 Å². The van der Waals surface area contributed by atoms with Crippen molar-refractivity contribution in [1.82, 2.24) is 5.32 Å². The summed E-state index contributed by atoms with van der Waals surface area (Å²) < 4.78 is 11.2. The fraction of sp³-hybridized carbons (Fsp3) is 1.00. The second-order valence-electron chi connectivity index (χ2n) is 5.62. The number of ether oxygens (including phenoxy) is 2. The monoisotopic (exact) mass is 229 g/mol. The predicted molar refractivity (Wildman–Crippen MR) is 66.7 cm³/mol. The summed E-state index contributed by atoms with van der Waals surface area (Å²) in [6.07, 6.45) is 3.76. The molecule has 1 N–H and O–H groups in total. The van der Waals surface area contributed by atoms with Crippen LogP contribution in [0.1, 0.15) is 40.0 Å². The molecule has 2 unspecified atom stereocenters. The number of nitrogens with one attached hydrogen (secondary N) is 1. The van der Waals surface area contributed by atoms with Gasteiger partial charge in [0, 0.05) is 25.7 Å². The van der Waals surface area contributed by atoms with E-state index in [-0.39, 0.29) is 5.60 Å². The standard InChI is InChI=1S/C13H27NO2/c1-11-13(10-14-4,8-9-16-11)7-6-12(2,3)15-5/h11,14H,6-10H2,1-5H3. The first kappa shape index (κ1) is 13.9. The molecule has 16 heavy (non-hydrogen) atoms. The van der Waals surface area contributed by atoms with E-state index >= 15 is 0 Å². The van der Waals surface area contributed by atoms with Crippen molar-refractivity contribution in [3.05, 3.63) is 0 Å². The lowest BCUT2D eigenvalue weighted by atomic mass is 9.75. The van der Waals surface area contributed by atoms with E-state index < -0.39 is 0 Å². The predicted octanol–water partition coefficient (Wildman–Crippen LogP) is 2.21. The zero-order valence-corrected chi connectivity index (χ0v) is 11.4. The van der Waals surface area contributed by atoms with Gasteiger partial charge < -0.3 is 14.8 Å². The molecule has 0 aromatic rings. The van der Waals surface area contributed by atoms with E-state index in [1.807, 2.05) is 7.05 Å². The van der Waals surface area contributed by atoms with Crippen LogP contribution in [0.15, 0.2) is 0 Å². The van der Waals surface area contributed by atoms with Gasteiger partial charge in [-0.25, -0.2) is 0 Å². The molecule has 3 nitrogen and oxygen atoms in total. The van der Waals surface area contributed by atoms with Gasteiger partial charge in [-0.05, 0) is 47.1 Å². The summed E-state index contributed by atoms with van der Waals surface area (Å²) in [6, 6.07) is 0. The van der Waals surface area contributed by atoms with E-state index in [1.165, 1.54) is 0 Å². The van der Waals surface area contributed by atoms with Crippen LogP contribution in [0.2, 0.25) is 0 Å². The molecule has 3 heteroatoms. The highest BCUT2D eigenvalue weighted by molar-refractivity contribution is 4.92. The summed E-state index contributed by atoms with van der Waals surface area (Å²) in [6.45, 7) is 8.44. The van der Waals surface area contributed by atoms with Crippen LogP contribution < -0.4 is 5.32 Å². The SMILES string of the molecule is CNCC1(CCC(C)(C)OC)CCOC1C. The van der Waals surface area contributed by atoms with Gasteiger partial charge in [0.25, 0.3) is 0 Å². The van der Waals surface area contributed by atoms with E-state index in [9.17, 15) is 0 Å². The molecule has 0 aliphatic carbocycles. The molecule has 2 atom stereocenters. The second-order valence-corrected chi connectivity index (χ2v) is 5.62. The lowest BCUT2D eigenvalue weighted by molar-refractivity contribution is -0.00709. The zero-order chi connectivity index (χ0) is 12.2. The third kappa shape index (κ3) is 3.19. The first-order valence-electron chi connectivity index (χ1n) is 6.27. The Kier molecular flexibility index (Phi) is 4.77. The molecule has 1 fully saturated rings. The summed E-state index contributed by atoms with van der Waals surface area (Å²) in [4.78, 5) is 0. The summed E-state index contributed by atoms with van der Waals surface area (Å²) in [5, 5.41) is 3.31. The van der Waals surface area contributed by atoms with Gasteiger partial charge in [0.15, 0.2) is 0 Å². The molecular weight excluding hydrogens is 202 g/mol. The molecule has 1 aliphatic heterocycles. The first-order valence-corrected chi connectivity index (χ1v) is 6.27. The highest BCUT2D eigenvalue weighted by atomic mass is 16.5. The lowest BCUT2D eigenvalue weighted by Crippen LogP contribution is -2.40. The maximum absolute atomic E-state index is 5.74. The van der Waals surface area contributed by atoms with Gasteiger partial charge in [-0.1, -0.05) is 0 Å². The summed E-state index contributed by atoms with van der Waals surface area (Å²) in [5.74, 6) is 0. The molecule has 0 spiro atoms. The van der Waals surface area contributed by atoms with Gasteiger partial charge in [-0.2, -0.15) is 0 Å². The van der Waals surface area contributed by atoms with Crippen molar-refractivity contribution in [1.29, 1.82) is 0 Å². The highest BCUT2D eigenvalue weighted by Crippen LogP contribution is 2.40. The molecule has 1 saturated heterocycles. The maximum atomic E-state index is 5.74. The molecule has 0 saturated carbocycles. The minimum absolute atomic E-state index is 0.0248. The van der Waals surface area contributed by atoms with E-state index in [4.69, 9.17) is 9.47 Å². The van der Waals surface area contributed by atoms with Crippen LogP contribution in [0.4, 0.5) is 0 Å². The Bertz CT molecular complexity index is 218. The molecule has 96 valence electrons. The van der Waals surface area contributed by atoms with Gasteiger partial charge in [0.2, 0.25) is 0 Å². The van der Waals surface area contributed by atoms with Crippen molar-refractivity contribution >= 4 is 0 Å². The lowest BCUT2D eigenvalue weighted by Gasteiger charge is -2.35. The Hall–Kier alpha value is -0.120. The van der Waals surface area contributed by atoms with Crippen LogP contribution in [-0.4, -0.2) is 39.0 Å². The van der Waals surface area contributed by atoms with Gasteiger partial charge >= 0.3 is 0 Å². The topological polar surface area (TPSA) is 30.5 Å². The van der Waals surface area contributed by atoms with Crippen molar-refractivity contribution in [3.8, 4) is 0 Å². The fourth-order valence-corrected chi connectivity index (χ4v) is 2.47. The van der Waals surface area contributed by atoms with Crippen LogP contribution >= 0.6 is 0 Å². The number of rotatable bonds is 6. The van der Waals surface area contributed by atoms with Crippen molar-refractivity contribution in [2.45, 2.75) is 51.7 Å². The van der Waals surface area contributed by atoms with Crippen molar-refractivity contribution in [2.24, 2.45) is 5.41 Å². The van der Waals surface area contributed by atoms with Crippen LogP contribution in [0.25, 0.3) is 0 Å². The normalized spacial score (nSPS) is 30.9. The summed E-state index contributed by atoms with van der Waals surface area (Å²) in [7, 11) is 3.81. The average molecular weight is 229 g/mol. The van der Waals surface area contributed by atoms with Crippen molar-refractivity contribution in [3.63, 3.8) is 0 Å². The Balaban J connectivity index is 2.58. The molecule has 0 amide bonds. The molecule has 0 bridgehead atoms. The Morgan fingerprint density at radius 3 is 2.62 bits per heavy atom.